The zero-order chi connectivity index (χ0) is 18.2. The molecule has 0 N–H and O–H groups in total. The van der Waals surface area contributed by atoms with Gasteiger partial charge in [-0.2, -0.15) is 0 Å². The van der Waals surface area contributed by atoms with Crippen LogP contribution in [0.25, 0.3) is 22.5 Å². The van der Waals surface area contributed by atoms with E-state index in [0.717, 1.165) is 21.2 Å². The fraction of sp³-hybridized carbons (Fsp3) is 0.190. The highest BCUT2D eigenvalue weighted by molar-refractivity contribution is 9.10. The maximum absolute atomic E-state index is 4.68. The third kappa shape index (κ3) is 5.07. The molecule has 0 atom stereocenters. The molecule has 0 saturated heterocycles. The van der Waals surface area contributed by atoms with E-state index in [1.807, 2.05) is 88.4 Å². The average molecular weight is 396 g/mol. The Morgan fingerprint density at radius 3 is 2.20 bits per heavy atom. The molecule has 0 aliphatic carbocycles. The SMILES string of the molecule is C/C=C\C=C(/C)c1nc(C(/C=C\C)=C/C)nc(-c2ccc(Br)cc2)n1. The fourth-order valence-electron chi connectivity index (χ4n) is 2.20. The van der Waals surface area contributed by atoms with Crippen LogP contribution in [-0.4, -0.2) is 15.0 Å². The van der Waals surface area contributed by atoms with Gasteiger partial charge in [-0.1, -0.05) is 64.5 Å². The normalized spacial score (nSPS) is 13.2. The van der Waals surface area contributed by atoms with Gasteiger partial charge in [0, 0.05) is 15.6 Å². The summed E-state index contributed by atoms with van der Waals surface area (Å²) in [6.45, 7) is 7.97. The highest BCUT2D eigenvalue weighted by Crippen LogP contribution is 2.22. The van der Waals surface area contributed by atoms with Crippen molar-refractivity contribution in [2.45, 2.75) is 27.7 Å². The largest absolute Gasteiger partial charge is 0.209 e. The van der Waals surface area contributed by atoms with Crippen LogP contribution in [0.2, 0.25) is 0 Å². The third-order valence-corrected chi connectivity index (χ3v) is 4.07. The lowest BCUT2D eigenvalue weighted by atomic mass is 10.1. The Morgan fingerprint density at radius 2 is 1.60 bits per heavy atom. The van der Waals surface area contributed by atoms with E-state index in [1.165, 1.54) is 0 Å². The molecule has 1 aromatic carbocycles. The smallest absolute Gasteiger partial charge is 0.164 e. The number of benzene rings is 1. The Balaban J connectivity index is 2.64. The molecule has 0 radical (unpaired) electrons. The van der Waals surface area contributed by atoms with Crippen molar-refractivity contribution in [2.24, 2.45) is 0 Å². The first-order valence-corrected chi connectivity index (χ1v) is 8.99. The summed E-state index contributed by atoms with van der Waals surface area (Å²) in [7, 11) is 0. The van der Waals surface area contributed by atoms with Gasteiger partial charge in [0.05, 0.1) is 0 Å². The van der Waals surface area contributed by atoms with Crippen LogP contribution in [-0.2, 0) is 0 Å². The molecule has 0 saturated carbocycles. The Morgan fingerprint density at radius 1 is 0.920 bits per heavy atom. The molecule has 1 heterocycles. The van der Waals surface area contributed by atoms with Crippen LogP contribution in [0.4, 0.5) is 0 Å². The van der Waals surface area contributed by atoms with Crippen molar-refractivity contribution in [3.05, 3.63) is 76.8 Å². The van der Waals surface area contributed by atoms with Gasteiger partial charge in [-0.3, -0.25) is 0 Å². The van der Waals surface area contributed by atoms with Gasteiger partial charge in [0.25, 0.3) is 0 Å². The molecule has 25 heavy (non-hydrogen) atoms. The van der Waals surface area contributed by atoms with Gasteiger partial charge in [0.1, 0.15) is 0 Å². The number of halogens is 1. The number of hydrogen-bond donors (Lipinski definition) is 0. The first kappa shape index (κ1) is 19.0. The molecule has 1 aromatic heterocycles. The van der Waals surface area contributed by atoms with E-state index in [1.54, 1.807) is 0 Å². The van der Waals surface area contributed by atoms with Crippen LogP contribution in [0.5, 0.6) is 0 Å². The second-order valence-corrected chi connectivity index (χ2v) is 6.35. The first-order valence-electron chi connectivity index (χ1n) is 8.20. The highest BCUT2D eigenvalue weighted by atomic mass is 79.9. The predicted molar refractivity (Wildman–Crippen MR) is 110 cm³/mol. The van der Waals surface area contributed by atoms with E-state index >= 15 is 0 Å². The zero-order valence-electron chi connectivity index (χ0n) is 15.0. The van der Waals surface area contributed by atoms with E-state index in [0.29, 0.717) is 17.5 Å². The number of allylic oxidation sites excluding steroid dienone is 8. The lowest BCUT2D eigenvalue weighted by Gasteiger charge is -2.08. The van der Waals surface area contributed by atoms with Gasteiger partial charge in [-0.25, -0.2) is 15.0 Å². The van der Waals surface area contributed by atoms with Crippen LogP contribution >= 0.6 is 15.9 Å². The van der Waals surface area contributed by atoms with E-state index in [-0.39, 0.29) is 0 Å². The van der Waals surface area contributed by atoms with Crippen LogP contribution in [0.1, 0.15) is 39.3 Å². The summed E-state index contributed by atoms with van der Waals surface area (Å²) < 4.78 is 1.03. The quantitative estimate of drug-likeness (QED) is 0.560. The molecule has 4 heteroatoms. The molecule has 0 fully saturated rings. The molecule has 128 valence electrons. The summed E-state index contributed by atoms with van der Waals surface area (Å²) >= 11 is 3.47. The van der Waals surface area contributed by atoms with Gasteiger partial charge in [-0.05, 0) is 45.4 Å². The molecule has 0 aliphatic heterocycles. The molecule has 0 unspecified atom stereocenters. The van der Waals surface area contributed by atoms with E-state index in [4.69, 9.17) is 0 Å². The lowest BCUT2D eigenvalue weighted by Crippen LogP contribution is -2.04. The van der Waals surface area contributed by atoms with Gasteiger partial charge >= 0.3 is 0 Å². The molecule has 0 aliphatic rings. The summed E-state index contributed by atoms with van der Waals surface area (Å²) in [5.74, 6) is 2.03. The average Bonchev–Trinajstić information content (AvgIpc) is 2.64. The third-order valence-electron chi connectivity index (χ3n) is 3.54. The summed E-state index contributed by atoms with van der Waals surface area (Å²) in [5, 5.41) is 0. The Hall–Kier alpha value is -2.33. The predicted octanol–water partition coefficient (Wildman–Crippen LogP) is 6.26. The number of nitrogens with zero attached hydrogens (tertiary/aromatic N) is 3. The van der Waals surface area contributed by atoms with Crippen LogP contribution in [0.3, 0.4) is 0 Å². The minimum Gasteiger partial charge on any atom is -0.209 e. The van der Waals surface area contributed by atoms with Crippen LogP contribution in [0.15, 0.2) is 65.2 Å². The molecular weight excluding hydrogens is 374 g/mol. The Kier molecular flexibility index (Phi) is 7.02. The maximum atomic E-state index is 4.68. The monoisotopic (exact) mass is 395 g/mol. The highest BCUT2D eigenvalue weighted by Gasteiger charge is 2.11. The molecule has 0 spiro atoms. The van der Waals surface area contributed by atoms with Crippen molar-refractivity contribution >= 4 is 27.1 Å². The standard InChI is InChI=1S/C21H22BrN3/c1-5-8-10-15(4)19-23-20(16(7-3)9-6-2)25-21(24-19)17-11-13-18(22)14-12-17/h5-14H,1-4H3/b8-5-,9-6-,15-10+,16-7+. The second kappa shape index (κ2) is 9.23. The van der Waals surface area contributed by atoms with Crippen molar-refractivity contribution in [1.82, 2.24) is 15.0 Å². The number of rotatable bonds is 5. The second-order valence-electron chi connectivity index (χ2n) is 5.43. The topological polar surface area (TPSA) is 38.7 Å². The van der Waals surface area contributed by atoms with Gasteiger partial charge < -0.3 is 0 Å². The van der Waals surface area contributed by atoms with Crippen molar-refractivity contribution in [3.8, 4) is 11.4 Å². The Bertz CT molecular complexity index is 844. The van der Waals surface area contributed by atoms with E-state index in [2.05, 4.69) is 30.9 Å². The van der Waals surface area contributed by atoms with Gasteiger partial charge in [-0.15, -0.1) is 0 Å². The lowest BCUT2D eigenvalue weighted by molar-refractivity contribution is 0.998. The van der Waals surface area contributed by atoms with Crippen molar-refractivity contribution in [1.29, 1.82) is 0 Å². The van der Waals surface area contributed by atoms with Crippen LogP contribution in [0, 0.1) is 0 Å². The summed E-state index contributed by atoms with van der Waals surface area (Å²) in [5.41, 5.74) is 2.93. The van der Waals surface area contributed by atoms with E-state index in [9.17, 15) is 0 Å². The number of aromatic nitrogens is 3. The summed E-state index contributed by atoms with van der Waals surface area (Å²) in [6.07, 6.45) is 12.0. The molecule has 0 amide bonds. The zero-order valence-corrected chi connectivity index (χ0v) is 16.6. The molecular formula is C21H22BrN3. The summed E-state index contributed by atoms with van der Waals surface area (Å²) in [4.78, 5) is 14.0. The molecule has 3 nitrogen and oxygen atoms in total. The minimum atomic E-state index is 0.671. The Labute approximate surface area is 158 Å². The fourth-order valence-corrected chi connectivity index (χ4v) is 2.47. The summed E-state index contributed by atoms with van der Waals surface area (Å²) in [6, 6.07) is 7.99. The molecule has 2 aromatic rings. The van der Waals surface area contributed by atoms with Crippen molar-refractivity contribution in [3.63, 3.8) is 0 Å². The van der Waals surface area contributed by atoms with E-state index < -0.39 is 0 Å². The maximum Gasteiger partial charge on any atom is 0.164 e. The van der Waals surface area contributed by atoms with Crippen molar-refractivity contribution < 1.29 is 0 Å². The van der Waals surface area contributed by atoms with Crippen LogP contribution < -0.4 is 0 Å². The molecule has 0 bridgehead atoms. The first-order chi connectivity index (χ1) is 12.1. The molecule has 2 rings (SSSR count). The minimum absolute atomic E-state index is 0.671. The number of hydrogen-bond acceptors (Lipinski definition) is 3. The van der Waals surface area contributed by atoms with Gasteiger partial charge in [0.2, 0.25) is 0 Å². The van der Waals surface area contributed by atoms with Gasteiger partial charge in [0.15, 0.2) is 17.5 Å². The van der Waals surface area contributed by atoms with Crippen molar-refractivity contribution in [2.75, 3.05) is 0 Å².